The fourth-order valence-corrected chi connectivity index (χ4v) is 3.38. The molecule has 0 radical (unpaired) electrons. The van der Waals surface area contributed by atoms with E-state index in [1.807, 2.05) is 32.0 Å². The summed E-state index contributed by atoms with van der Waals surface area (Å²) in [7, 11) is 0. The van der Waals surface area contributed by atoms with Crippen molar-refractivity contribution in [3.8, 4) is 0 Å². The SMILES string of the molecule is Cc1c(C(=O)NCCc2ccc3c(c2)COC3)oc2c(C)cccc12. The normalized spacial score (nSPS) is 13.2. The van der Waals surface area contributed by atoms with Crippen LogP contribution in [0.5, 0.6) is 0 Å². The minimum absolute atomic E-state index is 0.155. The number of para-hydroxylation sites is 1. The monoisotopic (exact) mass is 335 g/mol. The second-order valence-electron chi connectivity index (χ2n) is 6.61. The van der Waals surface area contributed by atoms with Crippen molar-refractivity contribution in [1.29, 1.82) is 0 Å². The lowest BCUT2D eigenvalue weighted by Gasteiger charge is -2.06. The van der Waals surface area contributed by atoms with Gasteiger partial charge >= 0.3 is 0 Å². The van der Waals surface area contributed by atoms with Crippen LogP contribution in [0.25, 0.3) is 11.0 Å². The lowest BCUT2D eigenvalue weighted by Crippen LogP contribution is -2.25. The summed E-state index contributed by atoms with van der Waals surface area (Å²) in [5.74, 6) is 0.254. The van der Waals surface area contributed by atoms with Gasteiger partial charge in [0, 0.05) is 17.5 Å². The molecule has 1 N–H and O–H groups in total. The Labute approximate surface area is 146 Å². The van der Waals surface area contributed by atoms with Crippen molar-refractivity contribution in [3.63, 3.8) is 0 Å². The minimum atomic E-state index is -0.155. The molecule has 1 aromatic heterocycles. The molecule has 0 saturated carbocycles. The first-order chi connectivity index (χ1) is 12.1. The van der Waals surface area contributed by atoms with Gasteiger partial charge in [-0.05, 0) is 42.5 Å². The summed E-state index contributed by atoms with van der Waals surface area (Å²) in [6, 6.07) is 12.4. The maximum Gasteiger partial charge on any atom is 0.287 e. The van der Waals surface area contributed by atoms with Crippen LogP contribution in [0.15, 0.2) is 40.8 Å². The molecule has 0 fully saturated rings. The lowest BCUT2D eigenvalue weighted by molar-refractivity contribution is 0.0927. The van der Waals surface area contributed by atoms with Crippen LogP contribution in [0.1, 0.15) is 38.4 Å². The number of amides is 1. The third kappa shape index (κ3) is 2.94. The van der Waals surface area contributed by atoms with E-state index in [0.717, 1.165) is 28.5 Å². The molecule has 0 spiro atoms. The van der Waals surface area contributed by atoms with Gasteiger partial charge in [-0.1, -0.05) is 36.4 Å². The van der Waals surface area contributed by atoms with Gasteiger partial charge in [0.2, 0.25) is 0 Å². The first-order valence-corrected chi connectivity index (χ1v) is 8.59. The number of hydrogen-bond donors (Lipinski definition) is 1. The Morgan fingerprint density at radius 2 is 1.96 bits per heavy atom. The maximum absolute atomic E-state index is 12.5. The highest BCUT2D eigenvalue weighted by Gasteiger charge is 2.18. The summed E-state index contributed by atoms with van der Waals surface area (Å²) in [5, 5.41) is 3.98. The zero-order chi connectivity index (χ0) is 17.4. The number of benzene rings is 2. The molecular formula is C21H21NO3. The molecule has 1 aliphatic rings. The molecule has 0 atom stereocenters. The lowest BCUT2D eigenvalue weighted by atomic mass is 10.0. The standard InChI is InChI=1S/C21H21NO3/c1-13-4-3-5-18-14(2)20(25-19(13)18)21(23)22-9-8-15-6-7-16-11-24-12-17(16)10-15/h3-7,10H,8-9,11-12H2,1-2H3,(H,22,23). The van der Waals surface area contributed by atoms with Gasteiger partial charge in [-0.2, -0.15) is 0 Å². The fraction of sp³-hybridized carbons (Fsp3) is 0.286. The molecule has 2 heterocycles. The highest BCUT2D eigenvalue weighted by Crippen LogP contribution is 2.27. The molecule has 1 amide bonds. The summed E-state index contributed by atoms with van der Waals surface area (Å²) in [5.41, 5.74) is 6.46. The molecule has 1 aliphatic heterocycles. The average Bonchev–Trinajstić information content (AvgIpc) is 3.20. The van der Waals surface area contributed by atoms with E-state index in [2.05, 4.69) is 23.5 Å². The number of ether oxygens (including phenoxy) is 1. The van der Waals surface area contributed by atoms with Crippen LogP contribution in [-0.4, -0.2) is 12.5 Å². The summed E-state index contributed by atoms with van der Waals surface area (Å²) in [6.07, 6.45) is 0.789. The maximum atomic E-state index is 12.5. The molecule has 4 rings (SSSR count). The quantitative estimate of drug-likeness (QED) is 0.782. The van der Waals surface area contributed by atoms with E-state index >= 15 is 0 Å². The number of carbonyl (C=O) groups is 1. The topological polar surface area (TPSA) is 51.5 Å². The predicted molar refractivity (Wildman–Crippen MR) is 96.7 cm³/mol. The summed E-state index contributed by atoms with van der Waals surface area (Å²) >= 11 is 0. The van der Waals surface area contributed by atoms with Crippen molar-refractivity contribution in [2.24, 2.45) is 0 Å². The number of fused-ring (bicyclic) bond motifs is 2. The molecule has 4 nitrogen and oxygen atoms in total. The van der Waals surface area contributed by atoms with Gasteiger partial charge in [0.1, 0.15) is 5.58 Å². The van der Waals surface area contributed by atoms with Crippen LogP contribution < -0.4 is 5.32 Å². The Balaban J connectivity index is 1.44. The molecule has 3 aromatic rings. The van der Waals surface area contributed by atoms with Crippen LogP contribution in [0.4, 0.5) is 0 Å². The number of hydrogen-bond acceptors (Lipinski definition) is 3. The van der Waals surface area contributed by atoms with Gasteiger partial charge in [0.15, 0.2) is 5.76 Å². The molecule has 4 heteroatoms. The first-order valence-electron chi connectivity index (χ1n) is 8.59. The van der Waals surface area contributed by atoms with Gasteiger partial charge in [0.25, 0.3) is 5.91 Å². The number of furan rings is 1. The fourth-order valence-electron chi connectivity index (χ4n) is 3.38. The third-order valence-electron chi connectivity index (χ3n) is 4.85. The largest absolute Gasteiger partial charge is 0.450 e. The Kier molecular flexibility index (Phi) is 4.06. The number of nitrogens with one attached hydrogen (secondary N) is 1. The number of rotatable bonds is 4. The third-order valence-corrected chi connectivity index (χ3v) is 4.85. The highest BCUT2D eigenvalue weighted by molar-refractivity contribution is 5.99. The second-order valence-corrected chi connectivity index (χ2v) is 6.61. The smallest absolute Gasteiger partial charge is 0.287 e. The van der Waals surface area contributed by atoms with E-state index in [1.54, 1.807) is 0 Å². The van der Waals surface area contributed by atoms with Crippen LogP contribution in [0, 0.1) is 13.8 Å². The van der Waals surface area contributed by atoms with Crippen molar-refractivity contribution >= 4 is 16.9 Å². The van der Waals surface area contributed by atoms with E-state index in [9.17, 15) is 4.79 Å². The number of aryl methyl sites for hydroxylation is 2. The zero-order valence-corrected chi connectivity index (χ0v) is 14.5. The van der Waals surface area contributed by atoms with Gasteiger partial charge in [-0.15, -0.1) is 0 Å². The van der Waals surface area contributed by atoms with Crippen LogP contribution >= 0.6 is 0 Å². The Hall–Kier alpha value is -2.59. The molecule has 2 aromatic carbocycles. The highest BCUT2D eigenvalue weighted by atomic mass is 16.5. The molecular weight excluding hydrogens is 314 g/mol. The Bertz CT molecular complexity index is 955. The van der Waals surface area contributed by atoms with Crippen LogP contribution in [0.3, 0.4) is 0 Å². The molecule has 0 saturated heterocycles. The molecule has 0 unspecified atom stereocenters. The zero-order valence-electron chi connectivity index (χ0n) is 14.5. The van der Waals surface area contributed by atoms with E-state index in [0.29, 0.717) is 25.5 Å². The molecule has 0 bridgehead atoms. The predicted octanol–water partition coefficient (Wildman–Crippen LogP) is 4.05. The Morgan fingerprint density at radius 1 is 1.12 bits per heavy atom. The van der Waals surface area contributed by atoms with Crippen molar-refractivity contribution in [3.05, 3.63) is 70.0 Å². The van der Waals surface area contributed by atoms with Gasteiger partial charge in [-0.3, -0.25) is 4.79 Å². The summed E-state index contributed by atoms with van der Waals surface area (Å²) in [4.78, 5) is 12.5. The van der Waals surface area contributed by atoms with Crippen molar-refractivity contribution in [2.75, 3.05) is 6.54 Å². The van der Waals surface area contributed by atoms with Crippen LogP contribution in [0.2, 0.25) is 0 Å². The first kappa shape index (κ1) is 15.9. The van der Waals surface area contributed by atoms with E-state index in [4.69, 9.17) is 9.15 Å². The Morgan fingerprint density at radius 3 is 2.80 bits per heavy atom. The van der Waals surface area contributed by atoms with Gasteiger partial charge in [-0.25, -0.2) is 0 Å². The minimum Gasteiger partial charge on any atom is -0.450 e. The molecule has 128 valence electrons. The van der Waals surface area contributed by atoms with Crippen LogP contribution in [-0.2, 0) is 24.4 Å². The molecule has 25 heavy (non-hydrogen) atoms. The van der Waals surface area contributed by atoms with E-state index < -0.39 is 0 Å². The second kappa shape index (κ2) is 6.37. The average molecular weight is 335 g/mol. The van der Waals surface area contributed by atoms with Crippen molar-refractivity contribution in [1.82, 2.24) is 5.32 Å². The van der Waals surface area contributed by atoms with E-state index in [-0.39, 0.29) is 5.91 Å². The van der Waals surface area contributed by atoms with Crippen molar-refractivity contribution in [2.45, 2.75) is 33.5 Å². The summed E-state index contributed by atoms with van der Waals surface area (Å²) in [6.45, 7) is 5.89. The van der Waals surface area contributed by atoms with Gasteiger partial charge in [0.05, 0.1) is 13.2 Å². The van der Waals surface area contributed by atoms with Crippen molar-refractivity contribution < 1.29 is 13.9 Å². The molecule has 0 aliphatic carbocycles. The summed E-state index contributed by atoms with van der Waals surface area (Å²) < 4.78 is 11.3. The van der Waals surface area contributed by atoms with Gasteiger partial charge < -0.3 is 14.5 Å². The number of carbonyl (C=O) groups excluding carboxylic acids is 1. The van der Waals surface area contributed by atoms with E-state index in [1.165, 1.54) is 16.7 Å².